The van der Waals surface area contributed by atoms with E-state index in [0.717, 1.165) is 54.8 Å². The Morgan fingerprint density at radius 2 is 2.14 bits per heavy atom. The molecule has 0 bridgehead atoms. The van der Waals surface area contributed by atoms with Crippen LogP contribution < -0.4 is 9.46 Å². The van der Waals surface area contributed by atoms with Gasteiger partial charge in [0.25, 0.3) is 0 Å². The molecule has 1 aliphatic heterocycles. The summed E-state index contributed by atoms with van der Waals surface area (Å²) in [6.45, 7) is 5.18. The van der Waals surface area contributed by atoms with E-state index in [0.29, 0.717) is 28.9 Å². The molecule has 2 aromatic heterocycles. The second kappa shape index (κ2) is 10.8. The topological polar surface area (TPSA) is 79.0 Å². The van der Waals surface area contributed by atoms with Crippen molar-refractivity contribution in [1.29, 1.82) is 5.26 Å². The van der Waals surface area contributed by atoms with E-state index in [2.05, 4.69) is 49.5 Å². The predicted octanol–water partition coefficient (Wildman–Crippen LogP) is 5.98. The van der Waals surface area contributed by atoms with E-state index in [1.807, 2.05) is 37.7 Å². The molecule has 0 fully saturated rings. The summed E-state index contributed by atoms with van der Waals surface area (Å²) in [6.07, 6.45) is 7.73. The first-order chi connectivity index (χ1) is 17.6. The number of hydrogen-bond donors (Lipinski definition) is 1. The van der Waals surface area contributed by atoms with Crippen molar-refractivity contribution in [1.82, 2.24) is 19.4 Å². The van der Waals surface area contributed by atoms with Crippen LogP contribution in [0.1, 0.15) is 35.7 Å². The van der Waals surface area contributed by atoms with E-state index in [-0.39, 0.29) is 0 Å². The van der Waals surface area contributed by atoms with Gasteiger partial charge in [0, 0.05) is 49.4 Å². The Bertz CT molecular complexity index is 1450. The molecular weight excluding hydrogens is 492 g/mol. The van der Waals surface area contributed by atoms with Gasteiger partial charge in [0.2, 0.25) is 5.95 Å². The maximum Gasteiger partial charge on any atom is 0.233 e. The Kier molecular flexibility index (Phi) is 7.33. The van der Waals surface area contributed by atoms with Crippen LogP contribution in [-0.4, -0.2) is 38.8 Å². The normalized spacial score (nSPS) is 13.4. The second-order valence-electron chi connectivity index (χ2n) is 8.78. The van der Waals surface area contributed by atoms with Crippen molar-refractivity contribution in [2.45, 2.75) is 32.9 Å². The SMILES string of the molecule is CCCOc1c(Cl)cc(-n2ccc3cc(CN4CCc5cnc(NSC)nc5C4)ccc32)cc1C#N. The molecule has 0 saturated carbocycles. The number of rotatable bonds is 8. The molecule has 4 aromatic rings. The van der Waals surface area contributed by atoms with E-state index in [9.17, 15) is 5.26 Å². The van der Waals surface area contributed by atoms with Gasteiger partial charge in [-0.05, 0) is 54.3 Å². The third-order valence-corrected chi connectivity index (χ3v) is 6.92. The number of benzene rings is 2. The van der Waals surface area contributed by atoms with Crippen LogP contribution in [0.15, 0.2) is 48.8 Å². The predicted molar refractivity (Wildman–Crippen MR) is 146 cm³/mol. The van der Waals surface area contributed by atoms with Gasteiger partial charge in [-0.3, -0.25) is 9.62 Å². The van der Waals surface area contributed by atoms with Gasteiger partial charge in [-0.2, -0.15) is 5.26 Å². The average Bonchev–Trinajstić information content (AvgIpc) is 3.31. The lowest BCUT2D eigenvalue weighted by atomic mass is 10.1. The summed E-state index contributed by atoms with van der Waals surface area (Å²) in [4.78, 5) is 11.5. The highest BCUT2D eigenvalue weighted by Crippen LogP contribution is 2.33. The molecule has 0 saturated heterocycles. The van der Waals surface area contributed by atoms with Crippen molar-refractivity contribution in [3.63, 3.8) is 0 Å². The van der Waals surface area contributed by atoms with Gasteiger partial charge < -0.3 is 9.30 Å². The zero-order valence-electron chi connectivity index (χ0n) is 20.3. The first-order valence-electron chi connectivity index (χ1n) is 11.9. The van der Waals surface area contributed by atoms with Crippen LogP contribution in [0.3, 0.4) is 0 Å². The Balaban J connectivity index is 1.37. The molecular formula is C27H27ClN6OS. The van der Waals surface area contributed by atoms with E-state index >= 15 is 0 Å². The molecule has 0 unspecified atom stereocenters. The Morgan fingerprint density at radius 3 is 2.94 bits per heavy atom. The molecule has 36 heavy (non-hydrogen) atoms. The smallest absolute Gasteiger partial charge is 0.233 e. The van der Waals surface area contributed by atoms with Gasteiger partial charge >= 0.3 is 0 Å². The summed E-state index contributed by atoms with van der Waals surface area (Å²) >= 11 is 8.00. The number of nitrogens with zero attached hydrogens (tertiary/aromatic N) is 5. The molecule has 0 atom stereocenters. The summed E-state index contributed by atoms with van der Waals surface area (Å²) in [7, 11) is 0. The summed E-state index contributed by atoms with van der Waals surface area (Å²) < 4.78 is 10.9. The van der Waals surface area contributed by atoms with Crippen LogP contribution in [0.4, 0.5) is 5.95 Å². The molecule has 0 amide bonds. The number of anilines is 1. The van der Waals surface area contributed by atoms with Crippen LogP contribution in [0.5, 0.6) is 5.75 Å². The highest BCUT2D eigenvalue weighted by Gasteiger charge is 2.19. The fourth-order valence-electron chi connectivity index (χ4n) is 4.56. The molecule has 0 spiro atoms. The van der Waals surface area contributed by atoms with Crippen LogP contribution in [0.25, 0.3) is 16.6 Å². The second-order valence-corrected chi connectivity index (χ2v) is 9.80. The van der Waals surface area contributed by atoms with Crippen LogP contribution in [0, 0.1) is 11.3 Å². The lowest BCUT2D eigenvalue weighted by Gasteiger charge is -2.28. The largest absolute Gasteiger partial charge is 0.491 e. The highest BCUT2D eigenvalue weighted by molar-refractivity contribution is 7.99. The number of halogens is 1. The lowest BCUT2D eigenvalue weighted by molar-refractivity contribution is 0.241. The van der Waals surface area contributed by atoms with Gasteiger partial charge in [0.15, 0.2) is 5.75 Å². The molecule has 184 valence electrons. The Labute approximate surface area is 220 Å². The zero-order chi connectivity index (χ0) is 25.1. The number of hydrogen-bond acceptors (Lipinski definition) is 7. The lowest BCUT2D eigenvalue weighted by Crippen LogP contribution is -2.31. The van der Waals surface area contributed by atoms with Crippen molar-refractivity contribution in [2.75, 3.05) is 24.1 Å². The van der Waals surface area contributed by atoms with E-state index in [1.165, 1.54) is 23.1 Å². The fraction of sp³-hybridized carbons (Fsp3) is 0.296. The quantitative estimate of drug-likeness (QED) is 0.287. The van der Waals surface area contributed by atoms with Crippen LogP contribution in [-0.2, 0) is 19.5 Å². The van der Waals surface area contributed by atoms with Gasteiger partial charge in [0.1, 0.15) is 6.07 Å². The van der Waals surface area contributed by atoms with E-state index < -0.39 is 0 Å². The van der Waals surface area contributed by atoms with Crippen LogP contribution >= 0.6 is 23.5 Å². The third kappa shape index (κ3) is 5.00. The molecule has 1 N–H and O–H groups in total. The maximum absolute atomic E-state index is 9.66. The minimum atomic E-state index is 0.439. The number of ether oxygens (including phenoxy) is 1. The molecule has 2 aromatic carbocycles. The van der Waals surface area contributed by atoms with Gasteiger partial charge in [-0.15, -0.1) is 0 Å². The maximum atomic E-state index is 9.66. The Hall–Kier alpha value is -3.25. The van der Waals surface area contributed by atoms with Gasteiger partial charge in [-0.1, -0.05) is 36.5 Å². The summed E-state index contributed by atoms with van der Waals surface area (Å²) in [5.41, 5.74) is 5.91. The molecule has 1 aliphatic rings. The van der Waals surface area contributed by atoms with Gasteiger partial charge in [-0.25, -0.2) is 9.97 Å². The molecule has 0 aliphatic carbocycles. The first-order valence-corrected chi connectivity index (χ1v) is 13.5. The number of nitriles is 1. The van der Waals surface area contributed by atoms with Crippen molar-refractivity contribution in [2.24, 2.45) is 0 Å². The first kappa shape index (κ1) is 24.4. The summed E-state index contributed by atoms with van der Waals surface area (Å²) in [5.74, 6) is 1.11. The van der Waals surface area contributed by atoms with Crippen molar-refractivity contribution in [3.8, 4) is 17.5 Å². The zero-order valence-corrected chi connectivity index (χ0v) is 21.9. The minimum absolute atomic E-state index is 0.439. The average molecular weight is 519 g/mol. The van der Waals surface area contributed by atoms with E-state index in [1.54, 1.807) is 0 Å². The summed E-state index contributed by atoms with van der Waals surface area (Å²) in [6, 6.07) is 14.5. The molecule has 0 radical (unpaired) electrons. The minimum Gasteiger partial charge on any atom is -0.491 e. The standard InChI is InChI=1S/C27H27ClN6OS/c1-3-10-35-26-21(14-29)12-22(13-23(26)28)34-9-7-19-11-18(4-5-25(19)34)16-33-8-6-20-15-30-27(32-36-2)31-24(20)17-33/h4-5,7,9,11-13,15H,3,6,8,10,16-17H2,1-2H3,(H,30,31,32). The number of aromatic nitrogens is 3. The Morgan fingerprint density at radius 1 is 1.25 bits per heavy atom. The third-order valence-electron chi connectivity index (χ3n) is 6.26. The van der Waals surface area contributed by atoms with Crippen molar-refractivity contribution < 1.29 is 4.74 Å². The molecule has 5 rings (SSSR count). The number of nitrogens with one attached hydrogen (secondary N) is 1. The molecule has 9 heteroatoms. The molecule has 3 heterocycles. The van der Waals surface area contributed by atoms with Crippen molar-refractivity contribution in [3.05, 3.63) is 76.2 Å². The summed E-state index contributed by atoms with van der Waals surface area (Å²) in [5, 5.41) is 11.2. The highest BCUT2D eigenvalue weighted by atomic mass is 35.5. The fourth-order valence-corrected chi connectivity index (χ4v) is 5.11. The monoisotopic (exact) mass is 518 g/mol. The van der Waals surface area contributed by atoms with E-state index in [4.69, 9.17) is 21.3 Å². The number of fused-ring (bicyclic) bond motifs is 2. The van der Waals surface area contributed by atoms with Crippen LogP contribution in [0.2, 0.25) is 5.02 Å². The van der Waals surface area contributed by atoms with Gasteiger partial charge in [0.05, 0.1) is 28.4 Å². The van der Waals surface area contributed by atoms with Crippen molar-refractivity contribution >= 4 is 40.4 Å². The molecule has 7 nitrogen and oxygen atoms in total.